The van der Waals surface area contributed by atoms with Gasteiger partial charge < -0.3 is 4.90 Å². The van der Waals surface area contributed by atoms with E-state index in [1.165, 1.54) is 0 Å². The third kappa shape index (κ3) is 4.28. The molecular formula is C13H27N3O. The van der Waals surface area contributed by atoms with E-state index in [2.05, 4.69) is 30.6 Å². The molecule has 100 valence electrons. The average molecular weight is 241 g/mol. The van der Waals surface area contributed by atoms with Crippen molar-refractivity contribution < 1.29 is 4.79 Å². The van der Waals surface area contributed by atoms with E-state index in [1.807, 2.05) is 11.8 Å². The molecule has 0 aromatic heterocycles. The summed E-state index contributed by atoms with van der Waals surface area (Å²) in [5, 5.41) is 0. The molecule has 0 atom stereocenters. The third-order valence-corrected chi connectivity index (χ3v) is 3.43. The molecule has 1 aliphatic rings. The highest BCUT2D eigenvalue weighted by Gasteiger charge is 2.25. The molecule has 0 aromatic rings. The number of hydrogen-bond acceptors (Lipinski definition) is 3. The monoisotopic (exact) mass is 241 g/mol. The summed E-state index contributed by atoms with van der Waals surface area (Å²) in [6.45, 7) is 13.5. The van der Waals surface area contributed by atoms with E-state index in [0.717, 1.165) is 39.4 Å². The molecule has 0 saturated carbocycles. The van der Waals surface area contributed by atoms with Gasteiger partial charge in [-0.2, -0.15) is 0 Å². The molecule has 0 spiro atoms. The van der Waals surface area contributed by atoms with Gasteiger partial charge in [0.25, 0.3) is 0 Å². The molecule has 4 nitrogen and oxygen atoms in total. The third-order valence-electron chi connectivity index (χ3n) is 3.43. The fourth-order valence-electron chi connectivity index (χ4n) is 2.11. The molecule has 1 saturated heterocycles. The van der Waals surface area contributed by atoms with Gasteiger partial charge in [-0.15, -0.1) is 0 Å². The molecule has 0 N–H and O–H groups in total. The molecule has 1 heterocycles. The highest BCUT2D eigenvalue weighted by atomic mass is 16.2. The summed E-state index contributed by atoms with van der Waals surface area (Å²) in [5.41, 5.74) is 0. The second-order valence-corrected chi connectivity index (χ2v) is 5.04. The van der Waals surface area contributed by atoms with Crippen molar-refractivity contribution in [2.45, 2.75) is 46.6 Å². The first-order valence-corrected chi connectivity index (χ1v) is 6.82. The normalized spacial score (nSPS) is 17.2. The minimum atomic E-state index is 0.278. The van der Waals surface area contributed by atoms with E-state index >= 15 is 0 Å². The molecule has 1 fully saturated rings. The number of hydrogen-bond donors (Lipinski definition) is 0. The highest BCUT2D eigenvalue weighted by molar-refractivity contribution is 5.75. The Kier molecular flexibility index (Phi) is 5.92. The van der Waals surface area contributed by atoms with Gasteiger partial charge in [0.2, 0.25) is 5.91 Å². The number of carbonyl (C=O) groups is 1. The Hall–Kier alpha value is -0.610. The number of rotatable bonds is 7. The zero-order valence-corrected chi connectivity index (χ0v) is 11.8. The number of amides is 1. The van der Waals surface area contributed by atoms with E-state index in [0.29, 0.717) is 12.5 Å². The smallest absolute Gasteiger partial charge is 0.222 e. The average Bonchev–Trinajstić information content (AvgIpc) is 2.25. The van der Waals surface area contributed by atoms with Crippen LogP contribution in [-0.4, -0.2) is 59.6 Å². The lowest BCUT2D eigenvalue weighted by Crippen LogP contribution is -2.57. The zero-order chi connectivity index (χ0) is 12.8. The van der Waals surface area contributed by atoms with Gasteiger partial charge in [0.15, 0.2) is 0 Å². The highest BCUT2D eigenvalue weighted by Crippen LogP contribution is 2.12. The molecule has 4 heteroatoms. The van der Waals surface area contributed by atoms with Gasteiger partial charge in [-0.1, -0.05) is 6.92 Å². The van der Waals surface area contributed by atoms with Crippen molar-refractivity contribution in [3.05, 3.63) is 0 Å². The summed E-state index contributed by atoms with van der Waals surface area (Å²) in [6.07, 6.45) is 1.71. The van der Waals surface area contributed by atoms with Crippen LogP contribution in [0.5, 0.6) is 0 Å². The molecule has 0 bridgehead atoms. The summed E-state index contributed by atoms with van der Waals surface area (Å²) in [7, 11) is 0. The van der Waals surface area contributed by atoms with Crippen molar-refractivity contribution in [2.75, 3.05) is 33.0 Å². The Morgan fingerprint density at radius 1 is 1.29 bits per heavy atom. The van der Waals surface area contributed by atoms with Gasteiger partial charge in [-0.05, 0) is 27.2 Å². The Labute approximate surface area is 106 Å². The molecule has 17 heavy (non-hydrogen) atoms. The van der Waals surface area contributed by atoms with Crippen LogP contribution in [0.3, 0.4) is 0 Å². The van der Waals surface area contributed by atoms with Gasteiger partial charge in [0, 0.05) is 32.1 Å². The predicted octanol–water partition coefficient (Wildman–Crippen LogP) is 1.58. The summed E-state index contributed by atoms with van der Waals surface area (Å²) in [4.78, 5) is 18.4. The Morgan fingerprint density at radius 3 is 2.41 bits per heavy atom. The summed E-state index contributed by atoms with van der Waals surface area (Å²) < 4.78 is 0. The van der Waals surface area contributed by atoms with Crippen molar-refractivity contribution in [1.82, 2.24) is 14.7 Å². The lowest BCUT2D eigenvalue weighted by Gasteiger charge is -2.45. The topological polar surface area (TPSA) is 26.8 Å². The maximum absolute atomic E-state index is 11.5. The van der Waals surface area contributed by atoms with Crippen LogP contribution >= 0.6 is 0 Å². The Bertz CT molecular complexity index is 237. The van der Waals surface area contributed by atoms with E-state index < -0.39 is 0 Å². The van der Waals surface area contributed by atoms with Crippen LogP contribution in [0.15, 0.2) is 0 Å². The first-order valence-electron chi connectivity index (χ1n) is 6.82. The SMILES string of the molecule is CCC(=O)N(CC)CCCN1CN(C(C)C)C1. The van der Waals surface area contributed by atoms with Crippen molar-refractivity contribution in [3.63, 3.8) is 0 Å². The van der Waals surface area contributed by atoms with Crippen molar-refractivity contribution in [3.8, 4) is 0 Å². The first-order chi connectivity index (χ1) is 8.08. The van der Waals surface area contributed by atoms with E-state index in [1.54, 1.807) is 0 Å². The van der Waals surface area contributed by atoms with Gasteiger partial charge in [-0.25, -0.2) is 0 Å². The molecule has 1 rings (SSSR count). The van der Waals surface area contributed by atoms with Crippen LogP contribution in [0.25, 0.3) is 0 Å². The van der Waals surface area contributed by atoms with Crippen molar-refractivity contribution in [1.29, 1.82) is 0 Å². The van der Waals surface area contributed by atoms with Gasteiger partial charge in [-0.3, -0.25) is 14.6 Å². The van der Waals surface area contributed by atoms with Crippen LogP contribution < -0.4 is 0 Å². The molecule has 1 aliphatic heterocycles. The Balaban J connectivity index is 2.10. The maximum Gasteiger partial charge on any atom is 0.222 e. The minimum absolute atomic E-state index is 0.278. The summed E-state index contributed by atoms with van der Waals surface area (Å²) in [6, 6.07) is 0.653. The molecule has 0 radical (unpaired) electrons. The van der Waals surface area contributed by atoms with E-state index in [9.17, 15) is 4.79 Å². The first kappa shape index (κ1) is 14.5. The van der Waals surface area contributed by atoms with Crippen LogP contribution in [-0.2, 0) is 4.79 Å². The van der Waals surface area contributed by atoms with Crippen molar-refractivity contribution >= 4 is 5.91 Å². The van der Waals surface area contributed by atoms with Crippen LogP contribution in [0.1, 0.15) is 40.5 Å². The van der Waals surface area contributed by atoms with E-state index in [-0.39, 0.29) is 5.91 Å². The Morgan fingerprint density at radius 2 is 1.94 bits per heavy atom. The molecule has 1 amide bonds. The second-order valence-electron chi connectivity index (χ2n) is 5.04. The minimum Gasteiger partial charge on any atom is -0.343 e. The fraction of sp³-hybridized carbons (Fsp3) is 0.923. The largest absolute Gasteiger partial charge is 0.343 e. The maximum atomic E-state index is 11.5. The standard InChI is InChI=1S/C13H27N3O/c1-5-13(17)15(6-2)9-7-8-14-10-16(11-14)12(3)4/h12H,5-11H2,1-4H3. The summed E-state index contributed by atoms with van der Waals surface area (Å²) >= 11 is 0. The molecule has 0 aliphatic carbocycles. The quantitative estimate of drug-likeness (QED) is 0.677. The summed E-state index contributed by atoms with van der Waals surface area (Å²) in [5.74, 6) is 0.278. The lowest BCUT2D eigenvalue weighted by atomic mass is 10.2. The lowest BCUT2D eigenvalue weighted by molar-refractivity contribution is -0.130. The van der Waals surface area contributed by atoms with Crippen molar-refractivity contribution in [2.24, 2.45) is 0 Å². The molecule has 0 aromatic carbocycles. The van der Waals surface area contributed by atoms with Crippen LogP contribution in [0, 0.1) is 0 Å². The van der Waals surface area contributed by atoms with Gasteiger partial charge in [0.1, 0.15) is 0 Å². The molecule has 0 unspecified atom stereocenters. The number of nitrogens with zero attached hydrogens (tertiary/aromatic N) is 3. The zero-order valence-electron chi connectivity index (χ0n) is 11.8. The fourth-order valence-corrected chi connectivity index (χ4v) is 2.11. The number of carbonyl (C=O) groups excluding carboxylic acids is 1. The predicted molar refractivity (Wildman–Crippen MR) is 70.6 cm³/mol. The second kappa shape index (κ2) is 6.97. The van der Waals surface area contributed by atoms with Crippen LogP contribution in [0.4, 0.5) is 0 Å². The van der Waals surface area contributed by atoms with Gasteiger partial charge in [0.05, 0.1) is 13.3 Å². The van der Waals surface area contributed by atoms with Crippen LogP contribution in [0.2, 0.25) is 0 Å². The molecular weight excluding hydrogens is 214 g/mol. The van der Waals surface area contributed by atoms with E-state index in [4.69, 9.17) is 0 Å². The van der Waals surface area contributed by atoms with Gasteiger partial charge >= 0.3 is 0 Å².